The molecule has 7 heteroatoms. The molecule has 0 spiro atoms. The van der Waals surface area contributed by atoms with Gasteiger partial charge in [0.15, 0.2) is 0 Å². The van der Waals surface area contributed by atoms with E-state index in [1.165, 1.54) is 0 Å². The quantitative estimate of drug-likeness (QED) is 0.707. The molecule has 0 unspecified atom stereocenters. The Balaban J connectivity index is 1.64. The van der Waals surface area contributed by atoms with Crippen molar-refractivity contribution >= 4 is 21.8 Å². The molecule has 0 radical (unpaired) electrons. The Bertz CT molecular complexity index is 774. The molecule has 2 aromatic rings. The zero-order chi connectivity index (χ0) is 18.1. The van der Waals surface area contributed by atoms with Crippen molar-refractivity contribution in [2.75, 3.05) is 17.5 Å². The van der Waals surface area contributed by atoms with Gasteiger partial charge in [-0.25, -0.2) is 13.2 Å². The van der Waals surface area contributed by atoms with E-state index in [1.807, 2.05) is 42.5 Å². The summed E-state index contributed by atoms with van der Waals surface area (Å²) in [5.74, 6) is 0. The van der Waals surface area contributed by atoms with Crippen LogP contribution in [0.15, 0.2) is 54.6 Å². The molecule has 2 N–H and O–H groups in total. The fourth-order valence-electron chi connectivity index (χ4n) is 2.21. The summed E-state index contributed by atoms with van der Waals surface area (Å²) in [6.45, 7) is 0.762. The molecular weight excluding hydrogens is 340 g/mol. The second-order valence-corrected chi connectivity index (χ2v) is 7.41. The lowest BCUT2D eigenvalue weighted by Crippen LogP contribution is -2.25. The number of benzene rings is 2. The summed E-state index contributed by atoms with van der Waals surface area (Å²) in [7, 11) is -3.26. The van der Waals surface area contributed by atoms with E-state index in [1.54, 1.807) is 12.1 Å². The fourth-order valence-corrected chi connectivity index (χ4v) is 2.77. The van der Waals surface area contributed by atoms with Crippen molar-refractivity contribution in [3.05, 3.63) is 65.7 Å². The number of carbonyl (C=O) groups excluding carboxylic acids is 1. The molecule has 0 saturated heterocycles. The number of aryl methyl sites for hydroxylation is 1. The van der Waals surface area contributed by atoms with Crippen molar-refractivity contribution in [1.82, 2.24) is 5.32 Å². The van der Waals surface area contributed by atoms with Crippen LogP contribution in [-0.4, -0.2) is 27.3 Å². The molecule has 25 heavy (non-hydrogen) atoms. The Morgan fingerprint density at radius 3 is 2.32 bits per heavy atom. The van der Waals surface area contributed by atoms with E-state index in [2.05, 4.69) is 10.0 Å². The minimum absolute atomic E-state index is 0.251. The van der Waals surface area contributed by atoms with Gasteiger partial charge >= 0.3 is 6.09 Å². The van der Waals surface area contributed by atoms with Crippen LogP contribution in [0.1, 0.15) is 17.5 Å². The van der Waals surface area contributed by atoms with E-state index in [-0.39, 0.29) is 6.61 Å². The van der Waals surface area contributed by atoms with Crippen molar-refractivity contribution in [3.8, 4) is 0 Å². The normalized spacial score (nSPS) is 10.9. The molecule has 0 aliphatic carbocycles. The second-order valence-electron chi connectivity index (χ2n) is 5.66. The Morgan fingerprint density at radius 1 is 1.00 bits per heavy atom. The van der Waals surface area contributed by atoms with E-state index < -0.39 is 16.1 Å². The van der Waals surface area contributed by atoms with Crippen LogP contribution in [0.4, 0.5) is 10.5 Å². The molecule has 0 atom stereocenters. The molecule has 0 aliphatic heterocycles. The number of hydrogen-bond acceptors (Lipinski definition) is 4. The molecule has 1 amide bonds. The monoisotopic (exact) mass is 362 g/mol. The summed E-state index contributed by atoms with van der Waals surface area (Å²) in [4.78, 5) is 11.6. The zero-order valence-electron chi connectivity index (χ0n) is 14.1. The van der Waals surface area contributed by atoms with Gasteiger partial charge in [-0.2, -0.15) is 0 Å². The van der Waals surface area contributed by atoms with Gasteiger partial charge in [0.2, 0.25) is 10.0 Å². The molecule has 2 rings (SSSR count). The average Bonchev–Trinajstić information content (AvgIpc) is 2.58. The summed E-state index contributed by atoms with van der Waals surface area (Å²) < 4.78 is 29.8. The van der Waals surface area contributed by atoms with Crippen molar-refractivity contribution in [3.63, 3.8) is 0 Å². The highest BCUT2D eigenvalue weighted by atomic mass is 32.2. The summed E-state index contributed by atoms with van der Waals surface area (Å²) in [5, 5.41) is 2.71. The summed E-state index contributed by atoms with van der Waals surface area (Å²) in [6, 6.07) is 16.7. The number of carbonyl (C=O) groups is 1. The van der Waals surface area contributed by atoms with Gasteiger partial charge in [-0.05, 0) is 36.1 Å². The van der Waals surface area contributed by atoms with Crippen LogP contribution in [-0.2, 0) is 27.8 Å². The van der Waals surface area contributed by atoms with E-state index in [0.29, 0.717) is 12.2 Å². The average molecular weight is 362 g/mol. The maximum absolute atomic E-state index is 11.6. The van der Waals surface area contributed by atoms with Crippen molar-refractivity contribution in [2.45, 2.75) is 19.4 Å². The third-order valence-corrected chi connectivity index (χ3v) is 3.99. The van der Waals surface area contributed by atoms with Gasteiger partial charge in [-0.3, -0.25) is 4.72 Å². The largest absolute Gasteiger partial charge is 0.445 e. The Morgan fingerprint density at radius 2 is 1.68 bits per heavy atom. The summed E-state index contributed by atoms with van der Waals surface area (Å²) >= 11 is 0. The SMILES string of the molecule is CS(=O)(=O)Nc1ccc(CCCNC(=O)OCc2ccccc2)cc1. The third-order valence-electron chi connectivity index (χ3n) is 3.38. The number of rotatable bonds is 8. The highest BCUT2D eigenvalue weighted by Gasteiger charge is 2.03. The van der Waals surface area contributed by atoms with Gasteiger partial charge < -0.3 is 10.1 Å². The van der Waals surface area contributed by atoms with Gasteiger partial charge in [0.25, 0.3) is 0 Å². The number of ether oxygens (including phenoxy) is 1. The molecule has 0 fully saturated rings. The first-order valence-electron chi connectivity index (χ1n) is 7.94. The molecule has 0 bridgehead atoms. The number of hydrogen-bond donors (Lipinski definition) is 2. The third kappa shape index (κ3) is 7.71. The molecular formula is C18H22N2O4S. The first-order valence-corrected chi connectivity index (χ1v) is 9.83. The van der Waals surface area contributed by atoms with Crippen LogP contribution >= 0.6 is 0 Å². The number of alkyl carbamates (subject to hydrolysis) is 1. The van der Waals surface area contributed by atoms with Gasteiger partial charge in [0.1, 0.15) is 6.61 Å². The first-order chi connectivity index (χ1) is 11.9. The first kappa shape index (κ1) is 18.8. The van der Waals surface area contributed by atoms with Gasteiger partial charge in [-0.15, -0.1) is 0 Å². The smallest absolute Gasteiger partial charge is 0.407 e. The molecule has 0 aromatic heterocycles. The van der Waals surface area contributed by atoms with Gasteiger partial charge in [0.05, 0.1) is 6.26 Å². The predicted molar refractivity (Wildman–Crippen MR) is 97.9 cm³/mol. The minimum Gasteiger partial charge on any atom is -0.445 e. The van der Waals surface area contributed by atoms with Crippen molar-refractivity contribution in [2.24, 2.45) is 0 Å². The lowest BCUT2D eigenvalue weighted by Gasteiger charge is -2.08. The molecule has 134 valence electrons. The summed E-state index contributed by atoms with van der Waals surface area (Å²) in [5.41, 5.74) is 2.55. The van der Waals surface area contributed by atoms with Crippen LogP contribution < -0.4 is 10.0 Å². The zero-order valence-corrected chi connectivity index (χ0v) is 14.9. The maximum Gasteiger partial charge on any atom is 0.407 e. The number of sulfonamides is 1. The van der Waals surface area contributed by atoms with Crippen LogP contribution in [0.5, 0.6) is 0 Å². The molecule has 0 aliphatic rings. The van der Waals surface area contributed by atoms with Gasteiger partial charge in [-0.1, -0.05) is 42.5 Å². The lowest BCUT2D eigenvalue weighted by molar-refractivity contribution is 0.139. The minimum atomic E-state index is -3.26. The highest BCUT2D eigenvalue weighted by Crippen LogP contribution is 2.12. The number of nitrogens with one attached hydrogen (secondary N) is 2. The number of anilines is 1. The fraction of sp³-hybridized carbons (Fsp3) is 0.278. The van der Waals surface area contributed by atoms with Crippen molar-refractivity contribution < 1.29 is 17.9 Å². The highest BCUT2D eigenvalue weighted by molar-refractivity contribution is 7.92. The summed E-state index contributed by atoms with van der Waals surface area (Å²) in [6.07, 6.45) is 2.22. The standard InChI is InChI=1S/C18H22N2O4S/c1-25(22,23)20-17-11-9-15(10-12-17)8-5-13-19-18(21)24-14-16-6-3-2-4-7-16/h2-4,6-7,9-12,20H,5,8,13-14H2,1H3,(H,19,21). The maximum atomic E-state index is 11.6. The van der Waals surface area contributed by atoms with E-state index in [4.69, 9.17) is 4.74 Å². The lowest BCUT2D eigenvalue weighted by atomic mass is 10.1. The van der Waals surface area contributed by atoms with Crippen LogP contribution in [0.25, 0.3) is 0 Å². The molecule has 6 nitrogen and oxygen atoms in total. The Kier molecular flexibility index (Phi) is 6.82. The van der Waals surface area contributed by atoms with Gasteiger partial charge in [0, 0.05) is 12.2 Å². The van der Waals surface area contributed by atoms with Crippen LogP contribution in [0, 0.1) is 0 Å². The van der Waals surface area contributed by atoms with E-state index in [9.17, 15) is 13.2 Å². The predicted octanol–water partition coefficient (Wildman–Crippen LogP) is 2.92. The Labute approximate surface area is 148 Å². The molecule has 0 saturated carbocycles. The van der Waals surface area contributed by atoms with Crippen LogP contribution in [0.3, 0.4) is 0 Å². The van der Waals surface area contributed by atoms with Crippen molar-refractivity contribution in [1.29, 1.82) is 0 Å². The van der Waals surface area contributed by atoms with E-state index in [0.717, 1.165) is 30.2 Å². The topological polar surface area (TPSA) is 84.5 Å². The number of amides is 1. The molecule has 0 heterocycles. The van der Waals surface area contributed by atoms with E-state index >= 15 is 0 Å². The second kappa shape index (κ2) is 9.08. The van der Waals surface area contributed by atoms with Crippen LogP contribution in [0.2, 0.25) is 0 Å². The molecule has 2 aromatic carbocycles. The Hall–Kier alpha value is -2.54.